The van der Waals surface area contributed by atoms with Gasteiger partial charge in [0.1, 0.15) is 0 Å². The lowest BCUT2D eigenvalue weighted by Gasteiger charge is -2.06. The summed E-state index contributed by atoms with van der Waals surface area (Å²) in [6, 6.07) is 14.2. The summed E-state index contributed by atoms with van der Waals surface area (Å²) in [4.78, 5) is 11.5. The first kappa shape index (κ1) is 12.4. The molecule has 92 valence electrons. The smallest absolute Gasteiger partial charge is 0.331 e. The summed E-state index contributed by atoms with van der Waals surface area (Å²) in [5, 5.41) is 2.32. The Kier molecular flexibility index (Phi) is 3.78. The molecule has 0 aliphatic carbocycles. The predicted molar refractivity (Wildman–Crippen MR) is 74.2 cm³/mol. The highest BCUT2D eigenvalue weighted by Gasteiger charge is 2.04. The molecule has 2 heteroatoms. The lowest BCUT2D eigenvalue weighted by Crippen LogP contribution is -2.00. The minimum absolute atomic E-state index is 0.289. The topological polar surface area (TPSA) is 26.3 Å². The second-order valence-electron chi connectivity index (χ2n) is 4.11. The van der Waals surface area contributed by atoms with Crippen LogP contribution in [0.3, 0.4) is 0 Å². The molecule has 2 aromatic rings. The van der Waals surface area contributed by atoms with E-state index in [0.717, 1.165) is 16.5 Å². The largest absolute Gasteiger partial charge is 0.463 e. The highest BCUT2D eigenvalue weighted by atomic mass is 16.5. The number of rotatable bonds is 3. The van der Waals surface area contributed by atoms with Gasteiger partial charge in [-0.1, -0.05) is 42.5 Å². The van der Waals surface area contributed by atoms with E-state index in [1.54, 1.807) is 13.0 Å². The zero-order chi connectivity index (χ0) is 13.0. The third kappa shape index (κ3) is 2.59. The molecule has 0 spiro atoms. The van der Waals surface area contributed by atoms with E-state index in [9.17, 15) is 4.79 Å². The van der Waals surface area contributed by atoms with Gasteiger partial charge in [0.2, 0.25) is 0 Å². The molecular formula is C16H16O2. The molecule has 0 atom stereocenters. The van der Waals surface area contributed by atoms with E-state index in [0.29, 0.717) is 6.61 Å². The molecule has 0 radical (unpaired) electrons. The average molecular weight is 240 g/mol. The molecular weight excluding hydrogens is 224 g/mol. The molecule has 0 amide bonds. The van der Waals surface area contributed by atoms with Crippen molar-refractivity contribution in [1.82, 2.24) is 0 Å². The quantitative estimate of drug-likeness (QED) is 0.602. The van der Waals surface area contributed by atoms with Crippen LogP contribution in [-0.4, -0.2) is 12.6 Å². The predicted octanol–water partition coefficient (Wildman–Crippen LogP) is 3.81. The molecule has 0 unspecified atom stereocenters. The SMILES string of the molecule is CCOC(=O)/C=C(/C)c1cccc2ccccc12. The van der Waals surface area contributed by atoms with Gasteiger partial charge >= 0.3 is 5.97 Å². The fourth-order valence-electron chi connectivity index (χ4n) is 2.01. The van der Waals surface area contributed by atoms with Crippen molar-refractivity contribution >= 4 is 22.3 Å². The minimum Gasteiger partial charge on any atom is -0.463 e. The molecule has 0 saturated carbocycles. The summed E-state index contributed by atoms with van der Waals surface area (Å²) in [6.45, 7) is 4.13. The van der Waals surface area contributed by atoms with Crippen molar-refractivity contribution < 1.29 is 9.53 Å². The molecule has 0 aliphatic heterocycles. The van der Waals surface area contributed by atoms with Crippen LogP contribution >= 0.6 is 0 Å². The van der Waals surface area contributed by atoms with E-state index in [4.69, 9.17) is 4.74 Å². The van der Waals surface area contributed by atoms with Crippen molar-refractivity contribution in [2.75, 3.05) is 6.61 Å². The Morgan fingerprint density at radius 2 is 1.89 bits per heavy atom. The minimum atomic E-state index is -0.289. The van der Waals surface area contributed by atoms with Crippen LogP contribution < -0.4 is 0 Å². The Labute approximate surface area is 107 Å². The second kappa shape index (κ2) is 5.50. The van der Waals surface area contributed by atoms with Crippen molar-refractivity contribution in [3.8, 4) is 0 Å². The fourth-order valence-corrected chi connectivity index (χ4v) is 2.01. The Balaban J connectivity index is 2.45. The Morgan fingerprint density at radius 3 is 2.67 bits per heavy atom. The molecule has 2 nitrogen and oxygen atoms in total. The molecule has 0 N–H and O–H groups in total. The van der Waals surface area contributed by atoms with Gasteiger partial charge in [-0.25, -0.2) is 4.79 Å². The number of allylic oxidation sites excluding steroid dienone is 1. The van der Waals surface area contributed by atoms with Gasteiger partial charge in [0.25, 0.3) is 0 Å². The Morgan fingerprint density at radius 1 is 1.17 bits per heavy atom. The number of hydrogen-bond acceptors (Lipinski definition) is 2. The Hall–Kier alpha value is -2.09. The summed E-state index contributed by atoms with van der Waals surface area (Å²) >= 11 is 0. The van der Waals surface area contributed by atoms with Crippen LogP contribution in [-0.2, 0) is 9.53 Å². The van der Waals surface area contributed by atoms with Crippen molar-refractivity contribution in [1.29, 1.82) is 0 Å². The van der Waals surface area contributed by atoms with E-state index in [1.165, 1.54) is 5.39 Å². The van der Waals surface area contributed by atoms with Crippen LogP contribution in [0.4, 0.5) is 0 Å². The lowest BCUT2D eigenvalue weighted by atomic mass is 9.99. The monoisotopic (exact) mass is 240 g/mol. The summed E-state index contributed by atoms with van der Waals surface area (Å²) in [5.41, 5.74) is 1.99. The zero-order valence-corrected chi connectivity index (χ0v) is 10.6. The number of carbonyl (C=O) groups excluding carboxylic acids is 1. The van der Waals surface area contributed by atoms with Gasteiger partial charge in [-0.3, -0.25) is 0 Å². The molecule has 2 aromatic carbocycles. The summed E-state index contributed by atoms with van der Waals surface area (Å²) < 4.78 is 4.93. The lowest BCUT2D eigenvalue weighted by molar-refractivity contribution is -0.137. The molecule has 0 heterocycles. The number of fused-ring (bicyclic) bond motifs is 1. The highest BCUT2D eigenvalue weighted by molar-refractivity contribution is 5.98. The van der Waals surface area contributed by atoms with E-state index in [2.05, 4.69) is 18.2 Å². The van der Waals surface area contributed by atoms with Crippen molar-refractivity contribution in [2.45, 2.75) is 13.8 Å². The maximum absolute atomic E-state index is 11.5. The first-order valence-corrected chi connectivity index (χ1v) is 6.05. The van der Waals surface area contributed by atoms with Gasteiger partial charge in [0.15, 0.2) is 0 Å². The van der Waals surface area contributed by atoms with Crippen LogP contribution in [0.2, 0.25) is 0 Å². The normalized spacial score (nSPS) is 11.6. The molecule has 0 saturated heterocycles. The van der Waals surface area contributed by atoms with Gasteiger partial charge < -0.3 is 4.74 Å². The first-order valence-electron chi connectivity index (χ1n) is 6.05. The van der Waals surface area contributed by atoms with Crippen LogP contribution in [0.15, 0.2) is 48.5 Å². The van der Waals surface area contributed by atoms with Gasteiger partial charge in [0.05, 0.1) is 6.61 Å². The number of benzene rings is 2. The summed E-state index contributed by atoms with van der Waals surface area (Å²) in [7, 11) is 0. The summed E-state index contributed by atoms with van der Waals surface area (Å²) in [6.07, 6.45) is 1.55. The molecule has 0 bridgehead atoms. The van der Waals surface area contributed by atoms with Gasteiger partial charge in [-0.05, 0) is 35.8 Å². The fraction of sp³-hybridized carbons (Fsp3) is 0.188. The van der Waals surface area contributed by atoms with Crippen LogP contribution in [0.25, 0.3) is 16.3 Å². The molecule has 0 aromatic heterocycles. The maximum atomic E-state index is 11.5. The highest BCUT2D eigenvalue weighted by Crippen LogP contribution is 2.24. The molecule has 0 fully saturated rings. The molecule has 18 heavy (non-hydrogen) atoms. The standard InChI is InChI=1S/C16H16O2/c1-3-18-16(17)11-12(2)14-10-6-8-13-7-4-5-9-15(13)14/h4-11H,3H2,1-2H3/b12-11-. The Bertz CT molecular complexity index is 592. The van der Waals surface area contributed by atoms with E-state index in [-0.39, 0.29) is 5.97 Å². The van der Waals surface area contributed by atoms with Crippen LogP contribution in [0.1, 0.15) is 19.4 Å². The van der Waals surface area contributed by atoms with Crippen molar-refractivity contribution in [2.24, 2.45) is 0 Å². The first-order chi connectivity index (χ1) is 8.72. The number of carbonyl (C=O) groups is 1. The third-order valence-corrected chi connectivity index (χ3v) is 2.84. The van der Waals surface area contributed by atoms with Gasteiger partial charge in [-0.2, -0.15) is 0 Å². The van der Waals surface area contributed by atoms with Crippen LogP contribution in [0, 0.1) is 0 Å². The van der Waals surface area contributed by atoms with Gasteiger partial charge in [-0.15, -0.1) is 0 Å². The summed E-state index contributed by atoms with van der Waals surface area (Å²) in [5.74, 6) is -0.289. The third-order valence-electron chi connectivity index (χ3n) is 2.84. The van der Waals surface area contributed by atoms with E-state index >= 15 is 0 Å². The van der Waals surface area contributed by atoms with E-state index < -0.39 is 0 Å². The van der Waals surface area contributed by atoms with Crippen molar-refractivity contribution in [3.63, 3.8) is 0 Å². The van der Waals surface area contributed by atoms with Crippen molar-refractivity contribution in [3.05, 3.63) is 54.1 Å². The second-order valence-corrected chi connectivity index (χ2v) is 4.11. The van der Waals surface area contributed by atoms with E-state index in [1.807, 2.05) is 31.2 Å². The number of ether oxygens (including phenoxy) is 1. The number of hydrogen-bond donors (Lipinski definition) is 0. The average Bonchev–Trinajstić information content (AvgIpc) is 2.38. The van der Waals surface area contributed by atoms with Crippen LogP contribution in [0.5, 0.6) is 0 Å². The maximum Gasteiger partial charge on any atom is 0.331 e. The van der Waals surface area contributed by atoms with Gasteiger partial charge in [0, 0.05) is 6.08 Å². The number of esters is 1. The zero-order valence-electron chi connectivity index (χ0n) is 10.6. The molecule has 2 rings (SSSR count). The molecule has 0 aliphatic rings.